The summed E-state index contributed by atoms with van der Waals surface area (Å²) in [6.45, 7) is 0.281. The molecule has 96 valence electrons. The molecule has 0 saturated heterocycles. The molecule has 6 nitrogen and oxygen atoms in total. The molecule has 0 aromatic heterocycles. The number of methoxy groups -OCH3 is 1. The zero-order valence-corrected chi connectivity index (χ0v) is 10.2. The van der Waals surface area contributed by atoms with Gasteiger partial charge < -0.3 is 10.1 Å². The van der Waals surface area contributed by atoms with Crippen LogP contribution < -0.4 is 5.32 Å². The number of rotatable bonds is 6. The van der Waals surface area contributed by atoms with Crippen molar-refractivity contribution >= 4 is 6.09 Å². The number of alkyl carbamates (subject to hydrolysis) is 1. The molecule has 0 bridgehead atoms. The molecule has 1 unspecified atom stereocenters. The highest BCUT2D eigenvalue weighted by molar-refractivity contribution is 5.66. The SMILES string of the molecule is COC(=O)NCC(CCc1ccccc1)N=[N+]=[N-]. The third-order valence-corrected chi connectivity index (χ3v) is 2.49. The van der Waals surface area contributed by atoms with Gasteiger partial charge in [0.05, 0.1) is 13.2 Å². The van der Waals surface area contributed by atoms with E-state index in [9.17, 15) is 4.79 Å². The van der Waals surface area contributed by atoms with Crippen molar-refractivity contribution in [3.05, 3.63) is 46.3 Å². The van der Waals surface area contributed by atoms with Crippen LogP contribution in [0.15, 0.2) is 35.4 Å². The average Bonchev–Trinajstić information content (AvgIpc) is 2.42. The smallest absolute Gasteiger partial charge is 0.406 e. The largest absolute Gasteiger partial charge is 0.453 e. The van der Waals surface area contributed by atoms with E-state index in [1.54, 1.807) is 0 Å². The molecule has 1 rings (SSSR count). The van der Waals surface area contributed by atoms with E-state index < -0.39 is 6.09 Å². The lowest BCUT2D eigenvalue weighted by atomic mass is 10.1. The van der Waals surface area contributed by atoms with Crippen molar-refractivity contribution in [3.8, 4) is 0 Å². The highest BCUT2D eigenvalue weighted by Gasteiger charge is 2.08. The fourth-order valence-electron chi connectivity index (χ4n) is 1.52. The first kappa shape index (κ1) is 13.9. The van der Waals surface area contributed by atoms with Crippen LogP contribution >= 0.6 is 0 Å². The number of azide groups is 1. The normalized spacial score (nSPS) is 11.2. The Morgan fingerprint density at radius 1 is 1.50 bits per heavy atom. The summed E-state index contributed by atoms with van der Waals surface area (Å²) in [5, 5.41) is 6.18. The maximum atomic E-state index is 10.9. The summed E-state index contributed by atoms with van der Waals surface area (Å²) in [5.74, 6) is 0. The minimum atomic E-state index is -0.521. The van der Waals surface area contributed by atoms with E-state index in [4.69, 9.17) is 5.53 Å². The maximum absolute atomic E-state index is 10.9. The zero-order chi connectivity index (χ0) is 13.2. The van der Waals surface area contributed by atoms with Crippen LogP contribution in [-0.4, -0.2) is 25.8 Å². The number of amides is 1. The number of nitrogens with one attached hydrogen (secondary N) is 1. The maximum Gasteiger partial charge on any atom is 0.406 e. The zero-order valence-electron chi connectivity index (χ0n) is 10.2. The Balaban J connectivity index is 2.43. The summed E-state index contributed by atoms with van der Waals surface area (Å²) < 4.78 is 4.46. The van der Waals surface area contributed by atoms with E-state index in [0.29, 0.717) is 6.42 Å². The Hall–Kier alpha value is -2.20. The number of hydrogen-bond acceptors (Lipinski definition) is 3. The number of carbonyl (C=O) groups excluding carboxylic acids is 1. The fourth-order valence-corrected chi connectivity index (χ4v) is 1.52. The predicted octanol–water partition coefficient (Wildman–Crippen LogP) is 2.65. The lowest BCUT2D eigenvalue weighted by Crippen LogP contribution is -2.31. The van der Waals surface area contributed by atoms with Crippen LogP contribution in [0.3, 0.4) is 0 Å². The standard InChI is InChI=1S/C12H16N4O2/c1-18-12(17)14-9-11(15-16-13)8-7-10-5-3-2-4-6-10/h2-6,11H,7-9H2,1H3,(H,14,17). The molecule has 0 fully saturated rings. The van der Waals surface area contributed by atoms with Crippen molar-refractivity contribution in [2.24, 2.45) is 5.11 Å². The van der Waals surface area contributed by atoms with E-state index in [-0.39, 0.29) is 12.6 Å². The van der Waals surface area contributed by atoms with Crippen molar-refractivity contribution in [1.82, 2.24) is 5.32 Å². The van der Waals surface area contributed by atoms with Crippen molar-refractivity contribution in [3.63, 3.8) is 0 Å². The van der Waals surface area contributed by atoms with Crippen LogP contribution in [0, 0.1) is 0 Å². The van der Waals surface area contributed by atoms with Gasteiger partial charge in [0.15, 0.2) is 0 Å². The molecule has 6 heteroatoms. The van der Waals surface area contributed by atoms with Crippen LogP contribution in [0.25, 0.3) is 10.4 Å². The van der Waals surface area contributed by atoms with Gasteiger partial charge in [-0.05, 0) is 23.9 Å². The molecule has 0 spiro atoms. The number of carbonyl (C=O) groups is 1. The molecule has 1 atom stereocenters. The summed E-state index contributed by atoms with van der Waals surface area (Å²) in [4.78, 5) is 13.7. The molecule has 0 heterocycles. The molecule has 1 aromatic rings. The van der Waals surface area contributed by atoms with Gasteiger partial charge in [-0.3, -0.25) is 0 Å². The summed E-state index contributed by atoms with van der Waals surface area (Å²) in [6.07, 6.45) is 0.957. The van der Waals surface area contributed by atoms with Gasteiger partial charge in [0.2, 0.25) is 0 Å². The first-order valence-corrected chi connectivity index (χ1v) is 5.66. The lowest BCUT2D eigenvalue weighted by molar-refractivity contribution is 0.170. The van der Waals surface area contributed by atoms with Crippen molar-refractivity contribution in [1.29, 1.82) is 0 Å². The quantitative estimate of drug-likeness (QED) is 0.476. The Morgan fingerprint density at radius 2 is 2.22 bits per heavy atom. The van der Waals surface area contributed by atoms with Crippen LogP contribution in [0.5, 0.6) is 0 Å². The van der Waals surface area contributed by atoms with E-state index >= 15 is 0 Å². The molecular formula is C12H16N4O2. The Kier molecular flexibility index (Phi) is 6.14. The van der Waals surface area contributed by atoms with Crippen LogP contribution in [0.1, 0.15) is 12.0 Å². The number of hydrogen-bond donors (Lipinski definition) is 1. The molecule has 1 amide bonds. The molecule has 0 aliphatic rings. The third kappa shape index (κ3) is 5.23. The average molecular weight is 248 g/mol. The van der Waals surface area contributed by atoms with Gasteiger partial charge in [0.1, 0.15) is 0 Å². The van der Waals surface area contributed by atoms with Gasteiger partial charge >= 0.3 is 6.09 Å². The van der Waals surface area contributed by atoms with E-state index in [1.165, 1.54) is 12.7 Å². The Morgan fingerprint density at radius 3 is 2.83 bits per heavy atom. The van der Waals surface area contributed by atoms with Gasteiger partial charge in [0.25, 0.3) is 0 Å². The monoisotopic (exact) mass is 248 g/mol. The van der Waals surface area contributed by atoms with Gasteiger partial charge in [-0.15, -0.1) is 0 Å². The molecule has 0 saturated carbocycles. The first-order chi connectivity index (χ1) is 8.76. The summed E-state index contributed by atoms with van der Waals surface area (Å²) in [5.41, 5.74) is 9.65. The number of ether oxygens (including phenoxy) is 1. The first-order valence-electron chi connectivity index (χ1n) is 5.66. The van der Waals surface area contributed by atoms with Crippen molar-refractivity contribution < 1.29 is 9.53 Å². The molecule has 0 aliphatic heterocycles. The second kappa shape index (κ2) is 7.97. The molecule has 1 aromatic carbocycles. The van der Waals surface area contributed by atoms with Gasteiger partial charge in [-0.1, -0.05) is 35.4 Å². The molecule has 0 aliphatic carbocycles. The highest BCUT2D eigenvalue weighted by atomic mass is 16.5. The topological polar surface area (TPSA) is 87.1 Å². The number of nitrogens with zero attached hydrogens (tertiary/aromatic N) is 3. The molecule has 0 radical (unpaired) electrons. The van der Waals surface area contributed by atoms with Gasteiger partial charge in [0, 0.05) is 11.5 Å². The minimum Gasteiger partial charge on any atom is -0.453 e. The van der Waals surface area contributed by atoms with Crippen LogP contribution in [-0.2, 0) is 11.2 Å². The second-order valence-corrected chi connectivity index (χ2v) is 3.76. The minimum absolute atomic E-state index is 0.269. The predicted molar refractivity (Wildman–Crippen MR) is 68.1 cm³/mol. The summed E-state index contributed by atoms with van der Waals surface area (Å²) in [6, 6.07) is 9.64. The van der Waals surface area contributed by atoms with Crippen molar-refractivity contribution in [2.75, 3.05) is 13.7 Å². The lowest BCUT2D eigenvalue weighted by Gasteiger charge is -2.11. The molecule has 1 N–H and O–H groups in total. The van der Waals surface area contributed by atoms with E-state index in [0.717, 1.165) is 6.42 Å². The van der Waals surface area contributed by atoms with Crippen LogP contribution in [0.4, 0.5) is 4.79 Å². The highest BCUT2D eigenvalue weighted by Crippen LogP contribution is 2.07. The van der Waals surface area contributed by atoms with E-state index in [2.05, 4.69) is 20.1 Å². The third-order valence-electron chi connectivity index (χ3n) is 2.49. The number of benzene rings is 1. The fraction of sp³-hybridized carbons (Fsp3) is 0.417. The molecule has 18 heavy (non-hydrogen) atoms. The Labute approximate surface area is 106 Å². The van der Waals surface area contributed by atoms with Gasteiger partial charge in [-0.2, -0.15) is 0 Å². The summed E-state index contributed by atoms with van der Waals surface area (Å²) >= 11 is 0. The van der Waals surface area contributed by atoms with E-state index in [1.807, 2.05) is 30.3 Å². The van der Waals surface area contributed by atoms with Gasteiger partial charge in [-0.25, -0.2) is 4.79 Å². The Bertz CT molecular complexity index is 415. The summed E-state index contributed by atoms with van der Waals surface area (Å²) in [7, 11) is 1.29. The number of aryl methyl sites for hydroxylation is 1. The molecular weight excluding hydrogens is 232 g/mol. The van der Waals surface area contributed by atoms with Crippen LogP contribution in [0.2, 0.25) is 0 Å². The van der Waals surface area contributed by atoms with Crippen molar-refractivity contribution in [2.45, 2.75) is 18.9 Å². The second-order valence-electron chi connectivity index (χ2n) is 3.76.